The lowest BCUT2D eigenvalue weighted by Crippen LogP contribution is -2.09. The fourth-order valence-corrected chi connectivity index (χ4v) is 2.62. The van der Waals surface area contributed by atoms with Crippen LogP contribution in [-0.4, -0.2) is 19.9 Å². The van der Waals surface area contributed by atoms with Crippen LogP contribution in [0.3, 0.4) is 0 Å². The first-order valence-corrected chi connectivity index (χ1v) is 7.39. The van der Waals surface area contributed by atoms with Crippen molar-refractivity contribution in [2.45, 2.75) is 13.2 Å². The van der Waals surface area contributed by atoms with E-state index in [9.17, 15) is 4.79 Å². The van der Waals surface area contributed by atoms with Crippen molar-refractivity contribution in [2.75, 3.05) is 13.9 Å². The Morgan fingerprint density at radius 1 is 1.22 bits per heavy atom. The molecule has 2 aromatic carbocycles. The van der Waals surface area contributed by atoms with Gasteiger partial charge < -0.3 is 18.9 Å². The average molecular weight is 335 g/mol. The van der Waals surface area contributed by atoms with Crippen molar-refractivity contribution in [3.05, 3.63) is 58.1 Å². The summed E-state index contributed by atoms with van der Waals surface area (Å²) in [6, 6.07) is 10.6. The number of methoxy groups -OCH3 is 1. The van der Waals surface area contributed by atoms with Crippen molar-refractivity contribution in [3.8, 4) is 11.5 Å². The third-order valence-electron chi connectivity index (χ3n) is 3.39. The number of benzene rings is 2. The van der Waals surface area contributed by atoms with Gasteiger partial charge in [-0.2, -0.15) is 0 Å². The highest BCUT2D eigenvalue weighted by Crippen LogP contribution is 2.39. The minimum absolute atomic E-state index is 0.0938. The fourth-order valence-electron chi connectivity index (χ4n) is 2.33. The summed E-state index contributed by atoms with van der Waals surface area (Å²) in [4.78, 5) is 12.3. The number of ether oxygens (including phenoxy) is 4. The van der Waals surface area contributed by atoms with Gasteiger partial charge in [0.05, 0.1) is 17.2 Å². The molecule has 3 rings (SSSR count). The van der Waals surface area contributed by atoms with Gasteiger partial charge in [0.25, 0.3) is 0 Å². The molecule has 0 radical (unpaired) electrons. The van der Waals surface area contributed by atoms with E-state index in [2.05, 4.69) is 0 Å². The van der Waals surface area contributed by atoms with Crippen molar-refractivity contribution in [3.63, 3.8) is 0 Å². The zero-order valence-electron chi connectivity index (χ0n) is 12.5. The van der Waals surface area contributed by atoms with Gasteiger partial charge in [0.15, 0.2) is 11.5 Å². The number of fused-ring (bicyclic) bond motifs is 1. The molecule has 23 heavy (non-hydrogen) atoms. The minimum atomic E-state index is -0.411. The maximum absolute atomic E-state index is 12.3. The van der Waals surface area contributed by atoms with Crippen LogP contribution in [0.2, 0.25) is 5.02 Å². The molecule has 120 valence electrons. The van der Waals surface area contributed by atoms with Gasteiger partial charge in [-0.1, -0.05) is 29.8 Å². The molecule has 6 heteroatoms. The van der Waals surface area contributed by atoms with Gasteiger partial charge in [-0.3, -0.25) is 0 Å². The third-order valence-corrected chi connectivity index (χ3v) is 3.67. The fraction of sp³-hybridized carbons (Fsp3) is 0.235. The lowest BCUT2D eigenvalue weighted by atomic mass is 10.1. The molecule has 1 aliphatic heterocycles. The predicted molar refractivity (Wildman–Crippen MR) is 83.8 cm³/mol. The molecule has 0 saturated heterocycles. The number of hydrogen-bond acceptors (Lipinski definition) is 5. The quantitative estimate of drug-likeness (QED) is 0.782. The summed E-state index contributed by atoms with van der Waals surface area (Å²) in [7, 11) is 1.58. The van der Waals surface area contributed by atoms with Crippen LogP contribution in [0.4, 0.5) is 0 Å². The number of halogens is 1. The van der Waals surface area contributed by atoms with E-state index in [-0.39, 0.29) is 13.4 Å². The van der Waals surface area contributed by atoms with Gasteiger partial charge in [-0.25, -0.2) is 4.79 Å². The maximum atomic E-state index is 12.3. The van der Waals surface area contributed by atoms with Crippen molar-refractivity contribution < 1.29 is 23.7 Å². The molecule has 0 saturated carbocycles. The average Bonchev–Trinajstić information content (AvgIpc) is 3.02. The van der Waals surface area contributed by atoms with Crippen LogP contribution in [0.15, 0.2) is 36.4 Å². The lowest BCUT2D eigenvalue weighted by molar-refractivity contribution is 0.0467. The summed E-state index contributed by atoms with van der Waals surface area (Å²) in [5.74, 6) is 0.668. The van der Waals surface area contributed by atoms with Gasteiger partial charge in [-0.15, -0.1) is 0 Å². The maximum Gasteiger partial charge on any atom is 0.338 e. The molecular formula is C17H15ClO5. The van der Waals surface area contributed by atoms with Crippen molar-refractivity contribution >= 4 is 17.6 Å². The highest BCUT2D eigenvalue weighted by Gasteiger charge is 2.19. The summed E-state index contributed by atoms with van der Waals surface area (Å²) in [5, 5.41) is 0.436. The summed E-state index contributed by atoms with van der Waals surface area (Å²) in [5.41, 5.74) is 2.00. The summed E-state index contributed by atoms with van der Waals surface area (Å²) >= 11 is 6.11. The van der Waals surface area contributed by atoms with Crippen LogP contribution in [0, 0.1) is 0 Å². The van der Waals surface area contributed by atoms with Crippen LogP contribution in [0.25, 0.3) is 0 Å². The standard InChI is InChI=1S/C17H15ClO5/c1-20-9-12-4-2-3-5-13(12)17(19)21-8-11-6-14(18)16-15(7-11)22-10-23-16/h2-7H,8-10H2,1H3. The first-order valence-electron chi connectivity index (χ1n) is 7.01. The van der Waals surface area contributed by atoms with Crippen molar-refractivity contribution in [1.82, 2.24) is 0 Å². The van der Waals surface area contributed by atoms with Gasteiger partial charge in [0, 0.05) is 7.11 Å². The van der Waals surface area contributed by atoms with E-state index in [4.69, 9.17) is 30.5 Å². The highest BCUT2D eigenvalue weighted by molar-refractivity contribution is 6.32. The van der Waals surface area contributed by atoms with E-state index in [0.29, 0.717) is 28.7 Å². The molecule has 5 nitrogen and oxygen atoms in total. The molecule has 0 aliphatic carbocycles. The Bertz CT molecular complexity index is 729. The monoisotopic (exact) mass is 334 g/mol. The smallest absolute Gasteiger partial charge is 0.338 e. The Morgan fingerprint density at radius 2 is 2.04 bits per heavy atom. The topological polar surface area (TPSA) is 54.0 Å². The second-order valence-corrected chi connectivity index (χ2v) is 5.38. The first kappa shape index (κ1) is 15.6. The Morgan fingerprint density at radius 3 is 2.87 bits per heavy atom. The Labute approximate surface area is 138 Å². The number of rotatable bonds is 5. The normalized spacial score (nSPS) is 12.3. The van der Waals surface area contributed by atoms with E-state index in [1.54, 1.807) is 31.4 Å². The van der Waals surface area contributed by atoms with Crippen LogP contribution in [0.5, 0.6) is 11.5 Å². The van der Waals surface area contributed by atoms with E-state index >= 15 is 0 Å². The Balaban J connectivity index is 1.71. The van der Waals surface area contributed by atoms with E-state index < -0.39 is 5.97 Å². The molecule has 0 N–H and O–H groups in total. The minimum Gasteiger partial charge on any atom is -0.457 e. The van der Waals surface area contributed by atoms with Crippen molar-refractivity contribution in [1.29, 1.82) is 0 Å². The summed E-state index contributed by atoms with van der Waals surface area (Å²) in [6.07, 6.45) is 0. The van der Waals surface area contributed by atoms with E-state index in [0.717, 1.165) is 11.1 Å². The van der Waals surface area contributed by atoms with E-state index in [1.807, 2.05) is 12.1 Å². The molecule has 0 spiro atoms. The molecule has 1 heterocycles. The Kier molecular flexibility index (Phi) is 4.69. The van der Waals surface area contributed by atoms with Gasteiger partial charge in [0.2, 0.25) is 6.79 Å². The molecule has 0 atom stereocenters. The summed E-state index contributed by atoms with van der Waals surface area (Å²) < 4.78 is 21.0. The largest absolute Gasteiger partial charge is 0.457 e. The lowest BCUT2D eigenvalue weighted by Gasteiger charge is -2.10. The zero-order valence-corrected chi connectivity index (χ0v) is 13.3. The van der Waals surface area contributed by atoms with Crippen molar-refractivity contribution in [2.24, 2.45) is 0 Å². The number of hydrogen-bond donors (Lipinski definition) is 0. The molecule has 2 aromatic rings. The zero-order chi connectivity index (χ0) is 16.2. The SMILES string of the molecule is COCc1ccccc1C(=O)OCc1cc(Cl)c2c(c1)OCO2. The first-order chi connectivity index (χ1) is 11.2. The third kappa shape index (κ3) is 3.41. The number of carbonyl (C=O) groups is 1. The predicted octanol–water partition coefficient (Wildman–Crippen LogP) is 3.57. The van der Waals surface area contributed by atoms with Crippen LogP contribution < -0.4 is 9.47 Å². The number of carbonyl (C=O) groups excluding carboxylic acids is 1. The second-order valence-electron chi connectivity index (χ2n) is 4.98. The number of esters is 1. The van der Waals surface area contributed by atoms with Crippen LogP contribution in [-0.2, 0) is 22.7 Å². The molecule has 0 unspecified atom stereocenters. The summed E-state index contributed by atoms with van der Waals surface area (Å²) in [6.45, 7) is 0.584. The molecule has 0 aromatic heterocycles. The van der Waals surface area contributed by atoms with Crippen LogP contribution in [0.1, 0.15) is 21.5 Å². The Hall–Kier alpha value is -2.24. The van der Waals surface area contributed by atoms with Gasteiger partial charge in [-0.05, 0) is 29.3 Å². The molecule has 1 aliphatic rings. The van der Waals surface area contributed by atoms with Crippen LogP contribution >= 0.6 is 11.6 Å². The van der Waals surface area contributed by atoms with E-state index in [1.165, 1.54) is 0 Å². The van der Waals surface area contributed by atoms with Gasteiger partial charge >= 0.3 is 5.97 Å². The molecule has 0 bridgehead atoms. The van der Waals surface area contributed by atoms with Gasteiger partial charge in [0.1, 0.15) is 6.61 Å². The molecule has 0 amide bonds. The molecule has 0 fully saturated rings. The highest BCUT2D eigenvalue weighted by atomic mass is 35.5. The molecular weight excluding hydrogens is 320 g/mol. The second kappa shape index (κ2) is 6.89.